The van der Waals surface area contributed by atoms with Gasteiger partial charge in [-0.25, -0.2) is 4.98 Å². The molecule has 0 radical (unpaired) electrons. The Bertz CT molecular complexity index is 846. The molecule has 0 saturated heterocycles. The smallest absolute Gasteiger partial charge is 0.246 e. The van der Waals surface area contributed by atoms with Crippen molar-refractivity contribution < 1.29 is 9.47 Å². The average Bonchev–Trinajstić information content (AvgIpc) is 3.09. The third kappa shape index (κ3) is 2.90. The number of benzene rings is 2. The molecule has 4 rings (SSSR count). The summed E-state index contributed by atoms with van der Waals surface area (Å²) in [4.78, 5) is 4.24. The molecule has 1 atom stereocenters. The lowest BCUT2D eigenvalue weighted by Crippen LogP contribution is -2.21. The number of anilines is 2. The van der Waals surface area contributed by atoms with Crippen LogP contribution in [-0.2, 0) is 6.54 Å². The fourth-order valence-corrected chi connectivity index (χ4v) is 2.63. The van der Waals surface area contributed by atoms with Gasteiger partial charge in [0.25, 0.3) is 0 Å². The maximum absolute atomic E-state index is 6.06. The zero-order valence-electron chi connectivity index (χ0n) is 13.3. The van der Waals surface area contributed by atoms with Crippen LogP contribution in [0.1, 0.15) is 18.6 Å². The number of aromatic nitrogens is 3. The van der Waals surface area contributed by atoms with Gasteiger partial charge in [0, 0.05) is 12.2 Å². The molecular formula is C18H18N4O2. The quantitative estimate of drug-likeness (QED) is 0.796. The van der Waals surface area contributed by atoms with Crippen LogP contribution in [0.4, 0.5) is 11.6 Å². The van der Waals surface area contributed by atoms with Gasteiger partial charge in [-0.15, -0.1) is 5.10 Å². The largest absolute Gasteiger partial charge is 0.485 e. The number of para-hydroxylation sites is 2. The minimum atomic E-state index is -0.136. The minimum absolute atomic E-state index is 0.136. The third-order valence-electron chi connectivity index (χ3n) is 3.88. The van der Waals surface area contributed by atoms with Crippen molar-refractivity contribution in [2.24, 2.45) is 0 Å². The number of fused-ring (bicyclic) bond motifs is 1. The second-order valence-electron chi connectivity index (χ2n) is 5.54. The molecule has 2 aromatic carbocycles. The number of nitrogens with zero attached hydrogens (tertiary/aromatic N) is 3. The van der Waals surface area contributed by atoms with Gasteiger partial charge < -0.3 is 14.8 Å². The molecule has 122 valence electrons. The summed E-state index contributed by atoms with van der Waals surface area (Å²) in [5.74, 6) is 2.15. The Labute approximate surface area is 140 Å². The number of aryl methyl sites for hydroxylation is 1. The predicted molar refractivity (Wildman–Crippen MR) is 90.7 cm³/mol. The maximum atomic E-state index is 6.06. The van der Waals surface area contributed by atoms with Gasteiger partial charge >= 0.3 is 0 Å². The highest BCUT2D eigenvalue weighted by Crippen LogP contribution is 2.36. The normalized spacial score (nSPS) is 16.0. The molecule has 0 spiro atoms. The van der Waals surface area contributed by atoms with Crippen molar-refractivity contribution in [3.63, 3.8) is 0 Å². The van der Waals surface area contributed by atoms with Gasteiger partial charge in [0.2, 0.25) is 5.95 Å². The number of hydrogen-bond donors (Lipinski definition) is 1. The molecule has 1 N–H and O–H groups in total. The highest BCUT2D eigenvalue weighted by Gasteiger charge is 2.22. The second-order valence-corrected chi connectivity index (χ2v) is 5.54. The monoisotopic (exact) mass is 322 g/mol. The number of rotatable bonds is 4. The van der Waals surface area contributed by atoms with E-state index in [2.05, 4.69) is 15.4 Å². The van der Waals surface area contributed by atoms with E-state index in [9.17, 15) is 0 Å². The average molecular weight is 322 g/mol. The molecule has 0 bridgehead atoms. The summed E-state index contributed by atoms with van der Waals surface area (Å²) in [7, 11) is 0. The van der Waals surface area contributed by atoms with Crippen molar-refractivity contribution in [1.82, 2.24) is 14.8 Å². The van der Waals surface area contributed by atoms with Crippen LogP contribution in [-0.4, -0.2) is 21.4 Å². The van der Waals surface area contributed by atoms with Crippen molar-refractivity contribution in [2.45, 2.75) is 19.6 Å². The SMILES string of the molecule is CCn1cnc(Nc2cccc(C3COc4ccccc4O3)c2)n1. The molecule has 24 heavy (non-hydrogen) atoms. The van der Waals surface area contributed by atoms with Crippen LogP contribution in [0.15, 0.2) is 54.9 Å². The van der Waals surface area contributed by atoms with E-state index in [1.54, 1.807) is 11.0 Å². The van der Waals surface area contributed by atoms with Gasteiger partial charge in [-0.2, -0.15) is 0 Å². The van der Waals surface area contributed by atoms with Crippen LogP contribution >= 0.6 is 0 Å². The van der Waals surface area contributed by atoms with E-state index in [1.165, 1.54) is 0 Å². The first kappa shape index (κ1) is 14.6. The van der Waals surface area contributed by atoms with Crippen molar-refractivity contribution >= 4 is 11.6 Å². The molecule has 0 amide bonds. The summed E-state index contributed by atoms with van der Waals surface area (Å²) in [6.07, 6.45) is 1.57. The third-order valence-corrected chi connectivity index (χ3v) is 3.88. The van der Waals surface area contributed by atoms with Crippen molar-refractivity contribution in [1.29, 1.82) is 0 Å². The molecule has 6 heteroatoms. The first-order valence-corrected chi connectivity index (χ1v) is 7.97. The molecule has 0 saturated carbocycles. The van der Waals surface area contributed by atoms with E-state index < -0.39 is 0 Å². The molecule has 3 aromatic rings. The highest BCUT2D eigenvalue weighted by atomic mass is 16.6. The standard InChI is InChI=1S/C18H18N4O2/c1-2-22-12-19-18(21-22)20-14-7-5-6-13(10-14)17-11-23-15-8-3-4-9-16(15)24-17/h3-10,12,17H,2,11H2,1H3,(H,20,21). The lowest BCUT2D eigenvalue weighted by Gasteiger charge is -2.26. The maximum Gasteiger partial charge on any atom is 0.246 e. The summed E-state index contributed by atoms with van der Waals surface area (Å²) in [6, 6.07) is 15.8. The predicted octanol–water partition coefficient (Wildman–Crippen LogP) is 3.55. The highest BCUT2D eigenvalue weighted by molar-refractivity contribution is 5.54. The molecule has 1 aromatic heterocycles. The Kier molecular flexibility index (Phi) is 3.78. The molecule has 2 heterocycles. The first-order valence-electron chi connectivity index (χ1n) is 7.97. The number of nitrogens with one attached hydrogen (secondary N) is 1. The molecule has 6 nitrogen and oxygen atoms in total. The molecular weight excluding hydrogens is 304 g/mol. The molecule has 0 aliphatic carbocycles. The molecule has 1 aliphatic heterocycles. The topological polar surface area (TPSA) is 61.2 Å². The molecule has 0 fully saturated rings. The van der Waals surface area contributed by atoms with E-state index in [0.29, 0.717) is 12.6 Å². The first-order chi connectivity index (χ1) is 11.8. The van der Waals surface area contributed by atoms with Crippen LogP contribution in [0.25, 0.3) is 0 Å². The van der Waals surface area contributed by atoms with Gasteiger partial charge in [-0.05, 0) is 36.8 Å². The van der Waals surface area contributed by atoms with E-state index in [1.807, 2.05) is 55.5 Å². The summed E-state index contributed by atoms with van der Waals surface area (Å²) in [6.45, 7) is 3.31. The molecule has 1 unspecified atom stereocenters. The Morgan fingerprint density at radius 1 is 1.17 bits per heavy atom. The zero-order valence-corrected chi connectivity index (χ0v) is 13.3. The summed E-state index contributed by atoms with van der Waals surface area (Å²) < 4.78 is 13.6. The summed E-state index contributed by atoms with van der Waals surface area (Å²) in [5, 5.41) is 7.55. The van der Waals surface area contributed by atoms with Crippen LogP contribution < -0.4 is 14.8 Å². The van der Waals surface area contributed by atoms with Gasteiger partial charge in [0.15, 0.2) is 17.6 Å². The van der Waals surface area contributed by atoms with Crippen LogP contribution in [0.5, 0.6) is 11.5 Å². The van der Waals surface area contributed by atoms with Crippen LogP contribution in [0, 0.1) is 0 Å². The van der Waals surface area contributed by atoms with E-state index >= 15 is 0 Å². The fourth-order valence-electron chi connectivity index (χ4n) is 2.63. The van der Waals surface area contributed by atoms with Gasteiger partial charge in [-0.3, -0.25) is 4.68 Å². The molecule has 1 aliphatic rings. The zero-order chi connectivity index (χ0) is 16.4. The van der Waals surface area contributed by atoms with Crippen LogP contribution in [0.3, 0.4) is 0 Å². The van der Waals surface area contributed by atoms with Crippen molar-refractivity contribution in [3.8, 4) is 11.5 Å². The summed E-state index contributed by atoms with van der Waals surface area (Å²) in [5.41, 5.74) is 1.97. The number of ether oxygens (including phenoxy) is 2. The Hall–Kier alpha value is -3.02. The van der Waals surface area contributed by atoms with E-state index in [0.717, 1.165) is 29.3 Å². The van der Waals surface area contributed by atoms with Crippen LogP contribution in [0.2, 0.25) is 0 Å². The Balaban J connectivity index is 1.52. The van der Waals surface area contributed by atoms with Gasteiger partial charge in [-0.1, -0.05) is 24.3 Å². The van der Waals surface area contributed by atoms with E-state index in [-0.39, 0.29) is 6.10 Å². The minimum Gasteiger partial charge on any atom is -0.485 e. The van der Waals surface area contributed by atoms with Gasteiger partial charge in [0.1, 0.15) is 12.9 Å². The summed E-state index contributed by atoms with van der Waals surface area (Å²) >= 11 is 0. The second kappa shape index (κ2) is 6.23. The van der Waals surface area contributed by atoms with Crippen molar-refractivity contribution in [2.75, 3.05) is 11.9 Å². The lowest BCUT2D eigenvalue weighted by molar-refractivity contribution is 0.0913. The fraction of sp³-hybridized carbons (Fsp3) is 0.222. The van der Waals surface area contributed by atoms with Crippen molar-refractivity contribution in [3.05, 3.63) is 60.4 Å². The number of hydrogen-bond acceptors (Lipinski definition) is 5. The Morgan fingerprint density at radius 3 is 2.88 bits per heavy atom. The van der Waals surface area contributed by atoms with Gasteiger partial charge in [0.05, 0.1) is 0 Å². The lowest BCUT2D eigenvalue weighted by atomic mass is 10.1. The Morgan fingerprint density at radius 2 is 2.04 bits per heavy atom. The van der Waals surface area contributed by atoms with E-state index in [4.69, 9.17) is 9.47 Å².